The molecule has 0 radical (unpaired) electrons. The van der Waals surface area contributed by atoms with Crippen LogP contribution < -0.4 is 0 Å². The number of unbranched alkanes of at least 4 members (excludes halogenated alkanes) is 3. The molecule has 0 aromatic heterocycles. The smallest absolute Gasteiger partial charge is 0.347 e. The number of fused-ring (bicyclic) bond motifs is 1. The fourth-order valence-electron chi connectivity index (χ4n) is 2.15. The van der Waals surface area contributed by atoms with Crippen LogP contribution in [0.1, 0.15) is 58.9 Å². The van der Waals surface area contributed by atoms with Crippen LogP contribution in [0.4, 0.5) is 0 Å². The molecule has 3 nitrogen and oxygen atoms in total. The zero-order chi connectivity index (χ0) is 12.3. The first-order valence-electron chi connectivity index (χ1n) is 6.12. The first-order chi connectivity index (χ1) is 8.24. The summed E-state index contributed by atoms with van der Waals surface area (Å²) < 4.78 is 4.62. The molecule has 1 heterocycles. The number of benzene rings is 1. The Hall–Kier alpha value is -1.64. The van der Waals surface area contributed by atoms with E-state index in [1.54, 1.807) is 6.07 Å². The lowest BCUT2D eigenvalue weighted by Gasteiger charge is -2.04. The molecule has 0 bridgehead atoms. The van der Waals surface area contributed by atoms with Crippen molar-refractivity contribution in [3.63, 3.8) is 0 Å². The molecule has 0 amide bonds. The fourth-order valence-corrected chi connectivity index (χ4v) is 2.15. The van der Waals surface area contributed by atoms with Gasteiger partial charge in [0.25, 0.3) is 0 Å². The average molecular weight is 232 g/mol. The van der Waals surface area contributed by atoms with E-state index in [4.69, 9.17) is 0 Å². The van der Waals surface area contributed by atoms with Crippen LogP contribution in [0.5, 0.6) is 0 Å². The van der Waals surface area contributed by atoms with Crippen molar-refractivity contribution in [2.24, 2.45) is 0 Å². The van der Waals surface area contributed by atoms with E-state index in [0.29, 0.717) is 11.1 Å². The van der Waals surface area contributed by atoms with Crippen LogP contribution in [0.25, 0.3) is 0 Å². The van der Waals surface area contributed by atoms with Crippen molar-refractivity contribution >= 4 is 11.9 Å². The van der Waals surface area contributed by atoms with Gasteiger partial charge in [-0.2, -0.15) is 0 Å². The number of cyclic esters (lactones) is 2. The molecule has 0 atom stereocenters. The van der Waals surface area contributed by atoms with E-state index in [0.717, 1.165) is 24.8 Å². The van der Waals surface area contributed by atoms with Gasteiger partial charge in [-0.25, -0.2) is 9.59 Å². The largest absolute Gasteiger partial charge is 0.386 e. The molecule has 90 valence electrons. The van der Waals surface area contributed by atoms with Gasteiger partial charge in [-0.15, -0.1) is 0 Å². The Morgan fingerprint density at radius 2 is 1.88 bits per heavy atom. The molecule has 1 aliphatic rings. The second-order valence-electron chi connectivity index (χ2n) is 4.33. The molecule has 0 N–H and O–H groups in total. The molecule has 17 heavy (non-hydrogen) atoms. The van der Waals surface area contributed by atoms with Crippen LogP contribution in [0, 0.1) is 0 Å². The maximum Gasteiger partial charge on any atom is 0.347 e. The van der Waals surface area contributed by atoms with Crippen molar-refractivity contribution in [2.75, 3.05) is 0 Å². The predicted molar refractivity (Wildman–Crippen MR) is 64.0 cm³/mol. The highest BCUT2D eigenvalue weighted by Crippen LogP contribution is 2.24. The molecule has 0 fully saturated rings. The number of carbonyl (C=O) groups excluding carboxylic acids is 2. The maximum absolute atomic E-state index is 11.5. The van der Waals surface area contributed by atoms with E-state index in [-0.39, 0.29) is 0 Å². The summed E-state index contributed by atoms with van der Waals surface area (Å²) in [5, 5.41) is 0. The third-order valence-electron chi connectivity index (χ3n) is 3.06. The molecule has 0 spiro atoms. The number of carbonyl (C=O) groups is 2. The van der Waals surface area contributed by atoms with Gasteiger partial charge in [0.15, 0.2) is 0 Å². The zero-order valence-corrected chi connectivity index (χ0v) is 9.99. The van der Waals surface area contributed by atoms with Gasteiger partial charge in [-0.3, -0.25) is 0 Å². The SMILES string of the molecule is CCCCCCc1cccc2c1C(=O)OC2=O. The molecule has 0 saturated heterocycles. The minimum absolute atomic E-state index is 0.419. The van der Waals surface area contributed by atoms with Crippen LogP contribution in [-0.2, 0) is 11.2 Å². The fraction of sp³-hybridized carbons (Fsp3) is 0.429. The van der Waals surface area contributed by atoms with Gasteiger partial charge in [-0.1, -0.05) is 38.3 Å². The van der Waals surface area contributed by atoms with E-state index in [1.807, 2.05) is 12.1 Å². The molecule has 1 aromatic rings. The number of hydrogen-bond donors (Lipinski definition) is 0. The Morgan fingerprint density at radius 1 is 1.06 bits per heavy atom. The standard InChI is InChI=1S/C14H16O3/c1-2-3-4-5-7-10-8-6-9-11-12(10)14(16)17-13(11)15/h6,8-9H,2-5,7H2,1H3. The quantitative estimate of drug-likeness (QED) is 0.445. The van der Waals surface area contributed by atoms with Crippen molar-refractivity contribution in [3.8, 4) is 0 Å². The van der Waals surface area contributed by atoms with Crippen molar-refractivity contribution in [1.29, 1.82) is 0 Å². The summed E-state index contributed by atoms with van der Waals surface area (Å²) in [5.41, 5.74) is 1.84. The molecule has 0 saturated carbocycles. The van der Waals surface area contributed by atoms with Crippen molar-refractivity contribution in [1.82, 2.24) is 0 Å². The molecular formula is C14H16O3. The lowest BCUT2D eigenvalue weighted by atomic mass is 9.98. The summed E-state index contributed by atoms with van der Waals surface area (Å²) in [5.74, 6) is -1.00. The highest BCUT2D eigenvalue weighted by atomic mass is 16.6. The summed E-state index contributed by atoms with van der Waals surface area (Å²) >= 11 is 0. The van der Waals surface area contributed by atoms with Crippen LogP contribution >= 0.6 is 0 Å². The lowest BCUT2D eigenvalue weighted by Crippen LogP contribution is -2.00. The van der Waals surface area contributed by atoms with Crippen LogP contribution in [0.3, 0.4) is 0 Å². The van der Waals surface area contributed by atoms with Gasteiger partial charge in [-0.05, 0) is 24.5 Å². The van der Waals surface area contributed by atoms with Crippen molar-refractivity contribution in [2.45, 2.75) is 39.0 Å². The van der Waals surface area contributed by atoms with E-state index in [2.05, 4.69) is 11.7 Å². The first kappa shape index (κ1) is 11.8. The Morgan fingerprint density at radius 3 is 2.65 bits per heavy atom. The lowest BCUT2D eigenvalue weighted by molar-refractivity contribution is 0.0443. The Kier molecular flexibility index (Phi) is 3.57. The van der Waals surface area contributed by atoms with Gasteiger partial charge in [0.05, 0.1) is 11.1 Å². The van der Waals surface area contributed by atoms with Gasteiger partial charge in [0.2, 0.25) is 0 Å². The molecule has 0 unspecified atom stereocenters. The summed E-state index contributed by atoms with van der Waals surface area (Å²) in [4.78, 5) is 22.9. The number of aryl methyl sites for hydroxylation is 1. The average Bonchev–Trinajstić information content (AvgIpc) is 2.62. The van der Waals surface area contributed by atoms with E-state index >= 15 is 0 Å². The molecule has 0 aliphatic carbocycles. The summed E-state index contributed by atoms with van der Waals surface area (Å²) in [6.45, 7) is 2.16. The monoisotopic (exact) mass is 232 g/mol. The first-order valence-corrected chi connectivity index (χ1v) is 6.12. The third kappa shape index (κ3) is 2.38. The molecule has 1 aromatic carbocycles. The molecule has 2 rings (SSSR count). The number of esters is 2. The van der Waals surface area contributed by atoms with Crippen molar-refractivity contribution in [3.05, 3.63) is 34.9 Å². The summed E-state index contributed by atoms with van der Waals surface area (Å²) in [6, 6.07) is 5.37. The minimum Gasteiger partial charge on any atom is -0.386 e. The molecule has 3 heteroatoms. The van der Waals surface area contributed by atoms with Crippen LogP contribution in [0.2, 0.25) is 0 Å². The Balaban J connectivity index is 2.14. The number of rotatable bonds is 5. The van der Waals surface area contributed by atoms with E-state index in [9.17, 15) is 9.59 Å². The van der Waals surface area contributed by atoms with Gasteiger partial charge >= 0.3 is 11.9 Å². The summed E-state index contributed by atoms with van der Waals surface area (Å²) in [7, 11) is 0. The van der Waals surface area contributed by atoms with Crippen LogP contribution in [0.15, 0.2) is 18.2 Å². The van der Waals surface area contributed by atoms with Crippen molar-refractivity contribution < 1.29 is 14.3 Å². The predicted octanol–water partition coefficient (Wildman–Crippen LogP) is 3.12. The minimum atomic E-state index is -0.514. The van der Waals surface area contributed by atoms with Gasteiger partial charge < -0.3 is 4.74 Å². The van der Waals surface area contributed by atoms with Crippen LogP contribution in [-0.4, -0.2) is 11.9 Å². The number of hydrogen-bond acceptors (Lipinski definition) is 3. The zero-order valence-electron chi connectivity index (χ0n) is 9.99. The Bertz CT molecular complexity index is 449. The Labute approximate surface area is 101 Å². The second-order valence-corrected chi connectivity index (χ2v) is 4.33. The molecule has 1 aliphatic heterocycles. The topological polar surface area (TPSA) is 43.4 Å². The normalized spacial score (nSPS) is 13.7. The summed E-state index contributed by atoms with van der Waals surface area (Å²) in [6.07, 6.45) is 5.44. The second kappa shape index (κ2) is 5.13. The van der Waals surface area contributed by atoms with Gasteiger partial charge in [0, 0.05) is 0 Å². The maximum atomic E-state index is 11.5. The number of ether oxygens (including phenoxy) is 1. The van der Waals surface area contributed by atoms with Gasteiger partial charge in [0.1, 0.15) is 0 Å². The van der Waals surface area contributed by atoms with E-state index < -0.39 is 11.9 Å². The molecular weight excluding hydrogens is 216 g/mol. The third-order valence-corrected chi connectivity index (χ3v) is 3.06. The van der Waals surface area contributed by atoms with E-state index in [1.165, 1.54) is 12.8 Å². The highest BCUT2D eigenvalue weighted by molar-refractivity contribution is 6.15. The highest BCUT2D eigenvalue weighted by Gasteiger charge is 2.31.